The minimum Gasteiger partial charge on any atom is -0.350 e. The van der Waals surface area contributed by atoms with E-state index in [4.69, 9.17) is 0 Å². The smallest absolute Gasteiger partial charge is 0.323 e. The van der Waals surface area contributed by atoms with Gasteiger partial charge < -0.3 is 15.2 Å². The van der Waals surface area contributed by atoms with Gasteiger partial charge in [-0.25, -0.2) is 9.18 Å². The van der Waals surface area contributed by atoms with Crippen LogP contribution in [0.1, 0.15) is 11.3 Å². The van der Waals surface area contributed by atoms with Gasteiger partial charge in [0.2, 0.25) is 0 Å². The Kier molecular flexibility index (Phi) is 4.56. The van der Waals surface area contributed by atoms with Crippen molar-refractivity contribution < 1.29 is 9.18 Å². The number of aromatic nitrogens is 2. The summed E-state index contributed by atoms with van der Waals surface area (Å²) in [4.78, 5) is 16.1. The molecule has 0 aliphatic rings. The number of anilines is 2. The summed E-state index contributed by atoms with van der Waals surface area (Å²) < 4.78 is 15.7. The van der Waals surface area contributed by atoms with Crippen LogP contribution in [0.15, 0.2) is 61.1 Å². The number of halogens is 1. The average Bonchev–Trinajstić information content (AvgIpc) is 3.02. The van der Waals surface area contributed by atoms with Gasteiger partial charge in [-0.15, -0.1) is 0 Å². The van der Waals surface area contributed by atoms with Gasteiger partial charge in [0.15, 0.2) is 0 Å². The van der Waals surface area contributed by atoms with Gasteiger partial charge in [0, 0.05) is 30.3 Å². The van der Waals surface area contributed by atoms with Crippen molar-refractivity contribution in [3.63, 3.8) is 0 Å². The Balaban J connectivity index is 1.68. The third kappa shape index (κ3) is 4.19. The van der Waals surface area contributed by atoms with Gasteiger partial charge >= 0.3 is 6.03 Å². The second-order valence-electron chi connectivity index (χ2n) is 5.47. The lowest BCUT2D eigenvalue weighted by Crippen LogP contribution is -2.19. The zero-order valence-corrected chi connectivity index (χ0v) is 13.2. The van der Waals surface area contributed by atoms with E-state index in [-0.39, 0.29) is 0 Å². The Hall–Kier alpha value is -3.15. The van der Waals surface area contributed by atoms with E-state index in [0.29, 0.717) is 17.9 Å². The van der Waals surface area contributed by atoms with Gasteiger partial charge in [-0.1, -0.05) is 0 Å². The average molecular weight is 324 g/mol. The Labute approximate surface area is 139 Å². The lowest BCUT2D eigenvalue weighted by atomic mass is 10.2. The third-order valence-corrected chi connectivity index (χ3v) is 3.42. The summed E-state index contributed by atoms with van der Waals surface area (Å²) in [5, 5.41) is 5.30. The molecule has 122 valence electrons. The van der Waals surface area contributed by atoms with Crippen molar-refractivity contribution in [3.8, 4) is 0 Å². The molecule has 24 heavy (non-hydrogen) atoms. The van der Waals surface area contributed by atoms with Crippen molar-refractivity contribution >= 4 is 17.4 Å². The number of hydrogen-bond acceptors (Lipinski definition) is 2. The van der Waals surface area contributed by atoms with Crippen LogP contribution >= 0.6 is 0 Å². The number of nitrogens with one attached hydrogen (secondary N) is 2. The Morgan fingerprint density at radius 1 is 1.12 bits per heavy atom. The molecule has 0 radical (unpaired) electrons. The first-order valence-corrected chi connectivity index (χ1v) is 7.49. The molecule has 2 amide bonds. The fourth-order valence-corrected chi connectivity index (χ4v) is 2.34. The number of amides is 2. The van der Waals surface area contributed by atoms with Crippen LogP contribution in [-0.2, 0) is 6.54 Å². The van der Waals surface area contributed by atoms with E-state index in [1.54, 1.807) is 24.4 Å². The molecule has 0 bridgehead atoms. The highest BCUT2D eigenvalue weighted by molar-refractivity contribution is 5.99. The normalized spacial score (nSPS) is 10.4. The number of rotatable bonds is 4. The van der Waals surface area contributed by atoms with Crippen molar-refractivity contribution in [2.75, 3.05) is 10.6 Å². The van der Waals surface area contributed by atoms with Crippen LogP contribution in [0.5, 0.6) is 0 Å². The molecule has 5 nitrogen and oxygen atoms in total. The number of aryl methyl sites for hydroxylation is 1. The van der Waals surface area contributed by atoms with Crippen LogP contribution in [0.4, 0.5) is 20.6 Å². The van der Waals surface area contributed by atoms with E-state index in [2.05, 4.69) is 15.6 Å². The number of benzene rings is 1. The van der Waals surface area contributed by atoms with E-state index < -0.39 is 11.8 Å². The van der Waals surface area contributed by atoms with E-state index in [1.807, 2.05) is 36.0 Å². The number of hydrogen-bond donors (Lipinski definition) is 2. The molecule has 0 spiro atoms. The van der Waals surface area contributed by atoms with Gasteiger partial charge in [0.05, 0.1) is 11.9 Å². The van der Waals surface area contributed by atoms with Crippen molar-refractivity contribution in [2.45, 2.75) is 13.5 Å². The van der Waals surface area contributed by atoms with Crippen LogP contribution < -0.4 is 10.6 Å². The first kappa shape index (κ1) is 15.7. The summed E-state index contributed by atoms with van der Waals surface area (Å²) in [6, 6.07) is 11.4. The summed E-state index contributed by atoms with van der Waals surface area (Å²) in [5.41, 5.74) is 2.59. The molecule has 0 saturated heterocycles. The molecular formula is C18H17FN4O. The summed E-state index contributed by atoms with van der Waals surface area (Å²) in [6.45, 7) is 2.39. The molecule has 0 unspecified atom stereocenters. The van der Waals surface area contributed by atoms with Crippen molar-refractivity contribution in [3.05, 3.63) is 78.1 Å². The molecule has 3 rings (SSSR count). The van der Waals surface area contributed by atoms with Crippen LogP contribution in [-0.4, -0.2) is 15.6 Å². The van der Waals surface area contributed by atoms with Crippen molar-refractivity contribution in [2.24, 2.45) is 0 Å². The highest BCUT2D eigenvalue weighted by Crippen LogP contribution is 2.16. The number of carbonyl (C=O) groups excluding carboxylic acids is 1. The molecule has 0 atom stereocenters. The maximum Gasteiger partial charge on any atom is 0.323 e. The predicted octanol–water partition coefficient (Wildman–Crippen LogP) is 4.02. The van der Waals surface area contributed by atoms with Crippen LogP contribution in [0.3, 0.4) is 0 Å². The number of nitrogens with zero attached hydrogens (tertiary/aromatic N) is 2. The monoisotopic (exact) mass is 324 g/mol. The maximum absolute atomic E-state index is 13.8. The van der Waals surface area contributed by atoms with E-state index in [0.717, 1.165) is 11.3 Å². The molecule has 0 fully saturated rings. The third-order valence-electron chi connectivity index (χ3n) is 3.42. The fourth-order valence-electron chi connectivity index (χ4n) is 2.34. The summed E-state index contributed by atoms with van der Waals surface area (Å²) in [5.74, 6) is -0.396. The van der Waals surface area contributed by atoms with Gasteiger partial charge in [-0.2, -0.15) is 0 Å². The predicted molar refractivity (Wildman–Crippen MR) is 91.5 cm³/mol. The molecule has 0 saturated carbocycles. The molecule has 2 heterocycles. The van der Waals surface area contributed by atoms with Crippen molar-refractivity contribution in [1.29, 1.82) is 0 Å². The molecular weight excluding hydrogens is 307 g/mol. The summed E-state index contributed by atoms with van der Waals surface area (Å²) >= 11 is 0. The van der Waals surface area contributed by atoms with Gasteiger partial charge in [-0.3, -0.25) is 4.98 Å². The van der Waals surface area contributed by atoms with Gasteiger partial charge in [0.25, 0.3) is 0 Å². The second-order valence-corrected chi connectivity index (χ2v) is 5.47. The van der Waals surface area contributed by atoms with E-state index >= 15 is 0 Å². The number of pyridine rings is 1. The fraction of sp³-hybridized carbons (Fsp3) is 0.111. The summed E-state index contributed by atoms with van der Waals surface area (Å²) in [7, 11) is 0. The number of carbonyl (C=O) groups is 1. The summed E-state index contributed by atoms with van der Waals surface area (Å²) in [6.07, 6.45) is 5.36. The van der Waals surface area contributed by atoms with Crippen molar-refractivity contribution in [1.82, 2.24) is 9.55 Å². The maximum atomic E-state index is 13.8. The minimum absolute atomic E-state index is 0.396. The topological polar surface area (TPSA) is 59.0 Å². The SMILES string of the molecule is Cc1ccc(NC(=O)Nc2cc(F)cc(Cn3cccc3)c2)cn1. The molecule has 2 aromatic heterocycles. The molecule has 6 heteroatoms. The zero-order valence-electron chi connectivity index (χ0n) is 13.2. The quantitative estimate of drug-likeness (QED) is 0.761. The van der Waals surface area contributed by atoms with Crippen LogP contribution in [0, 0.1) is 12.7 Å². The molecule has 1 aromatic carbocycles. The second kappa shape index (κ2) is 6.95. The minimum atomic E-state index is -0.446. The molecule has 0 aliphatic heterocycles. The molecule has 3 aromatic rings. The highest BCUT2D eigenvalue weighted by atomic mass is 19.1. The van der Waals surface area contributed by atoms with Gasteiger partial charge in [0.1, 0.15) is 5.82 Å². The zero-order chi connectivity index (χ0) is 16.9. The first-order chi connectivity index (χ1) is 11.6. The first-order valence-electron chi connectivity index (χ1n) is 7.49. The van der Waals surface area contributed by atoms with E-state index in [1.165, 1.54) is 12.1 Å². The molecule has 0 aliphatic carbocycles. The van der Waals surface area contributed by atoms with E-state index in [9.17, 15) is 9.18 Å². The lowest BCUT2D eigenvalue weighted by Gasteiger charge is -2.10. The highest BCUT2D eigenvalue weighted by Gasteiger charge is 2.06. The van der Waals surface area contributed by atoms with Gasteiger partial charge in [-0.05, 0) is 55.0 Å². The Morgan fingerprint density at radius 3 is 2.58 bits per heavy atom. The lowest BCUT2D eigenvalue weighted by molar-refractivity contribution is 0.262. The van der Waals surface area contributed by atoms with Crippen LogP contribution in [0.2, 0.25) is 0 Å². The Bertz CT molecular complexity index is 829. The largest absolute Gasteiger partial charge is 0.350 e. The number of urea groups is 1. The Morgan fingerprint density at radius 2 is 1.88 bits per heavy atom. The van der Waals surface area contributed by atoms with Crippen LogP contribution in [0.25, 0.3) is 0 Å². The molecule has 2 N–H and O–H groups in total. The standard InChI is InChI=1S/C18H17FN4O/c1-13-4-5-16(11-20-13)21-18(24)22-17-9-14(8-15(19)10-17)12-23-6-2-3-7-23/h2-11H,12H2,1H3,(H2,21,22,24).